The molecule has 1 aromatic rings. The summed E-state index contributed by atoms with van der Waals surface area (Å²) in [5, 5.41) is 5.56. The molecule has 0 heterocycles. The molecule has 2 N–H and O–H groups in total. The van der Waals surface area contributed by atoms with E-state index in [2.05, 4.69) is 24.5 Å². The number of hydrogen-bond acceptors (Lipinski definition) is 3. The van der Waals surface area contributed by atoms with Crippen LogP contribution in [0.5, 0.6) is 0 Å². The van der Waals surface area contributed by atoms with Crippen LogP contribution in [0.3, 0.4) is 0 Å². The van der Waals surface area contributed by atoms with Gasteiger partial charge in [-0.15, -0.1) is 0 Å². The maximum Gasteiger partial charge on any atom is 0.253 e. The van der Waals surface area contributed by atoms with Crippen molar-refractivity contribution in [2.75, 3.05) is 32.0 Å². The van der Waals surface area contributed by atoms with Crippen LogP contribution in [-0.4, -0.2) is 43.4 Å². The van der Waals surface area contributed by atoms with Crippen molar-refractivity contribution in [2.45, 2.75) is 26.7 Å². The third-order valence-electron chi connectivity index (χ3n) is 3.12. The molecule has 2 amide bonds. The first-order chi connectivity index (χ1) is 10.1. The van der Waals surface area contributed by atoms with E-state index in [4.69, 9.17) is 0 Å². The molecule has 1 rings (SSSR count). The quantitative estimate of drug-likeness (QED) is 0.771. The van der Waals surface area contributed by atoms with Crippen LogP contribution in [0.25, 0.3) is 0 Å². The van der Waals surface area contributed by atoms with Crippen molar-refractivity contribution in [2.24, 2.45) is 0 Å². The number of rotatable bonds is 8. The second-order valence-corrected chi connectivity index (χ2v) is 4.90. The molecule has 0 aliphatic rings. The van der Waals surface area contributed by atoms with Crippen LogP contribution in [0.2, 0.25) is 0 Å². The largest absolute Gasteiger partial charge is 0.376 e. The van der Waals surface area contributed by atoms with Crippen molar-refractivity contribution >= 4 is 17.5 Å². The lowest BCUT2D eigenvalue weighted by atomic mass is 10.1. The van der Waals surface area contributed by atoms with E-state index >= 15 is 0 Å². The predicted molar refractivity (Wildman–Crippen MR) is 85.5 cm³/mol. The van der Waals surface area contributed by atoms with Crippen molar-refractivity contribution in [3.05, 3.63) is 29.8 Å². The highest BCUT2D eigenvalue weighted by Crippen LogP contribution is 2.13. The standard InChI is InChI=1S/C16H25N3O2/c1-4-9-19(10-5-2)16(21)13-7-6-8-14(11-13)18-12-15(20)17-3/h6-8,11,18H,4-5,9-10,12H2,1-3H3,(H,17,20). The summed E-state index contributed by atoms with van der Waals surface area (Å²) in [5.74, 6) is -0.0485. The van der Waals surface area contributed by atoms with Gasteiger partial charge in [0.05, 0.1) is 6.54 Å². The highest BCUT2D eigenvalue weighted by atomic mass is 16.2. The third-order valence-corrected chi connectivity index (χ3v) is 3.12. The van der Waals surface area contributed by atoms with Crippen LogP contribution >= 0.6 is 0 Å². The van der Waals surface area contributed by atoms with Gasteiger partial charge in [0.1, 0.15) is 0 Å². The summed E-state index contributed by atoms with van der Waals surface area (Å²) in [4.78, 5) is 25.6. The van der Waals surface area contributed by atoms with Gasteiger partial charge in [0.2, 0.25) is 5.91 Å². The Hall–Kier alpha value is -2.04. The Kier molecular flexibility index (Phi) is 7.29. The number of likely N-dealkylation sites (N-methyl/N-ethyl adjacent to an activating group) is 1. The zero-order valence-electron chi connectivity index (χ0n) is 13.1. The van der Waals surface area contributed by atoms with E-state index in [1.807, 2.05) is 23.1 Å². The molecule has 0 unspecified atom stereocenters. The van der Waals surface area contributed by atoms with Crippen LogP contribution in [0.4, 0.5) is 5.69 Å². The first-order valence-corrected chi connectivity index (χ1v) is 7.46. The minimum Gasteiger partial charge on any atom is -0.376 e. The molecule has 0 saturated carbocycles. The topological polar surface area (TPSA) is 61.4 Å². The molecule has 0 saturated heterocycles. The first-order valence-electron chi connectivity index (χ1n) is 7.46. The molecule has 21 heavy (non-hydrogen) atoms. The van der Waals surface area contributed by atoms with Crippen LogP contribution in [0, 0.1) is 0 Å². The van der Waals surface area contributed by atoms with Gasteiger partial charge in [-0.25, -0.2) is 0 Å². The Morgan fingerprint density at radius 3 is 2.38 bits per heavy atom. The van der Waals surface area contributed by atoms with Crippen LogP contribution in [0.15, 0.2) is 24.3 Å². The molecular weight excluding hydrogens is 266 g/mol. The fourth-order valence-electron chi connectivity index (χ4n) is 2.07. The van der Waals surface area contributed by atoms with Gasteiger partial charge in [0, 0.05) is 31.4 Å². The van der Waals surface area contributed by atoms with Gasteiger partial charge in [-0.2, -0.15) is 0 Å². The average molecular weight is 291 g/mol. The minimum absolute atomic E-state index is 0.0438. The van der Waals surface area contributed by atoms with Crippen molar-refractivity contribution < 1.29 is 9.59 Å². The summed E-state index contributed by atoms with van der Waals surface area (Å²) >= 11 is 0. The van der Waals surface area contributed by atoms with Gasteiger partial charge >= 0.3 is 0 Å². The molecule has 5 nitrogen and oxygen atoms in total. The molecule has 116 valence electrons. The molecule has 0 bridgehead atoms. The van der Waals surface area contributed by atoms with Gasteiger partial charge in [-0.3, -0.25) is 9.59 Å². The highest BCUT2D eigenvalue weighted by Gasteiger charge is 2.14. The maximum absolute atomic E-state index is 12.5. The molecule has 5 heteroatoms. The number of benzene rings is 1. The fourth-order valence-corrected chi connectivity index (χ4v) is 2.07. The summed E-state index contributed by atoms with van der Waals surface area (Å²) in [5.41, 5.74) is 1.43. The van der Waals surface area contributed by atoms with Crippen molar-refractivity contribution in [3.8, 4) is 0 Å². The van der Waals surface area contributed by atoms with Gasteiger partial charge in [0.15, 0.2) is 0 Å². The zero-order valence-corrected chi connectivity index (χ0v) is 13.1. The Labute approximate surface area is 126 Å². The number of anilines is 1. The Bertz CT molecular complexity index is 468. The molecule has 1 aromatic carbocycles. The van der Waals surface area contributed by atoms with Gasteiger partial charge in [0.25, 0.3) is 5.91 Å². The normalized spacial score (nSPS) is 10.0. The molecule has 0 spiro atoms. The number of nitrogens with one attached hydrogen (secondary N) is 2. The van der Waals surface area contributed by atoms with Crippen molar-refractivity contribution in [1.29, 1.82) is 0 Å². The lowest BCUT2D eigenvalue weighted by Gasteiger charge is -2.21. The van der Waals surface area contributed by atoms with E-state index < -0.39 is 0 Å². The number of carbonyl (C=O) groups excluding carboxylic acids is 2. The molecular formula is C16H25N3O2. The second-order valence-electron chi connectivity index (χ2n) is 4.90. The molecule has 0 aromatic heterocycles. The molecule has 0 atom stereocenters. The van der Waals surface area contributed by atoms with Gasteiger partial charge in [-0.1, -0.05) is 19.9 Å². The highest BCUT2D eigenvalue weighted by molar-refractivity contribution is 5.95. The Morgan fingerprint density at radius 1 is 1.14 bits per heavy atom. The number of carbonyl (C=O) groups is 2. The summed E-state index contributed by atoms with van der Waals surface area (Å²) in [7, 11) is 1.59. The van der Waals surface area contributed by atoms with Crippen molar-refractivity contribution in [1.82, 2.24) is 10.2 Å². The predicted octanol–water partition coefficient (Wildman–Crippen LogP) is 2.11. The molecule has 0 aliphatic heterocycles. The SMILES string of the molecule is CCCN(CCC)C(=O)c1cccc(NCC(=O)NC)c1. The smallest absolute Gasteiger partial charge is 0.253 e. The fraction of sp³-hybridized carbons (Fsp3) is 0.500. The second kappa shape index (κ2) is 9.00. The maximum atomic E-state index is 12.5. The van der Waals surface area contributed by atoms with E-state index in [9.17, 15) is 9.59 Å². The summed E-state index contributed by atoms with van der Waals surface area (Å²) < 4.78 is 0. The van der Waals surface area contributed by atoms with Gasteiger partial charge < -0.3 is 15.5 Å². The number of amides is 2. The first kappa shape index (κ1) is 17.0. The Morgan fingerprint density at radius 2 is 1.81 bits per heavy atom. The summed E-state index contributed by atoms with van der Waals surface area (Å²) in [6.07, 6.45) is 1.89. The monoisotopic (exact) mass is 291 g/mol. The van der Waals surface area contributed by atoms with Crippen LogP contribution in [0.1, 0.15) is 37.0 Å². The van der Waals surface area contributed by atoms with Gasteiger partial charge in [-0.05, 0) is 31.0 Å². The summed E-state index contributed by atoms with van der Waals surface area (Å²) in [6, 6.07) is 7.29. The third kappa shape index (κ3) is 5.45. The van der Waals surface area contributed by atoms with Crippen molar-refractivity contribution in [3.63, 3.8) is 0 Å². The lowest BCUT2D eigenvalue weighted by Crippen LogP contribution is -2.32. The van der Waals surface area contributed by atoms with E-state index in [-0.39, 0.29) is 18.4 Å². The Balaban J connectivity index is 2.77. The zero-order chi connectivity index (χ0) is 15.7. The van der Waals surface area contributed by atoms with E-state index in [0.29, 0.717) is 5.56 Å². The number of nitrogens with zero attached hydrogens (tertiary/aromatic N) is 1. The lowest BCUT2D eigenvalue weighted by molar-refractivity contribution is -0.118. The van der Waals surface area contributed by atoms with Crippen LogP contribution < -0.4 is 10.6 Å². The minimum atomic E-state index is -0.0923. The number of hydrogen-bond donors (Lipinski definition) is 2. The molecule has 0 radical (unpaired) electrons. The van der Waals surface area contributed by atoms with E-state index in [1.54, 1.807) is 13.1 Å². The van der Waals surface area contributed by atoms with E-state index in [0.717, 1.165) is 31.6 Å². The van der Waals surface area contributed by atoms with E-state index in [1.165, 1.54) is 0 Å². The summed E-state index contributed by atoms with van der Waals surface area (Å²) in [6.45, 7) is 5.86. The van der Waals surface area contributed by atoms with Crippen LogP contribution in [-0.2, 0) is 4.79 Å². The molecule has 0 fully saturated rings. The molecule has 0 aliphatic carbocycles. The average Bonchev–Trinajstić information content (AvgIpc) is 2.52.